The Kier molecular flexibility index (Phi) is 7.75. The molecule has 0 bridgehead atoms. The predicted molar refractivity (Wildman–Crippen MR) is 186 cm³/mol. The molecule has 0 saturated carbocycles. The summed E-state index contributed by atoms with van der Waals surface area (Å²) < 4.78 is 1.35. The first-order valence-corrected chi connectivity index (χ1v) is 25.7. The zero-order chi connectivity index (χ0) is 30.2. The average molecular weight is 689 g/mol. The monoisotopic (exact) mass is 686 g/mol. The van der Waals surface area contributed by atoms with Crippen LogP contribution in [0.2, 0.25) is 0 Å². The number of fused-ring (bicyclic) bond motifs is 4. The van der Waals surface area contributed by atoms with Crippen molar-refractivity contribution < 1.29 is 17.9 Å². The molecule has 0 radical (unpaired) electrons. The first-order chi connectivity index (χ1) is 19.7. The Labute approximate surface area is 266 Å². The molecule has 1 atom stereocenters. The SMILES string of the molecule is CC(C)c1ccccc1-c1c(C(C)(C)C)ccc2c1C=C(C(C)(C)C)[CH]2[Zr]([Cl])([Cl])[c]1cccc2c1[SiH2]c1ccccc1-2. The number of benzene rings is 4. The van der Waals surface area contributed by atoms with Crippen molar-refractivity contribution in [3.8, 4) is 22.3 Å². The molecule has 2 aliphatic rings. The number of rotatable bonds is 4. The van der Waals surface area contributed by atoms with Gasteiger partial charge in [0.25, 0.3) is 0 Å². The molecule has 216 valence electrons. The van der Waals surface area contributed by atoms with E-state index in [1.807, 2.05) is 0 Å². The molecule has 0 amide bonds. The first kappa shape index (κ1) is 30.3. The summed E-state index contributed by atoms with van der Waals surface area (Å²) >= 11 is -4.09. The molecule has 0 saturated heterocycles. The molecule has 0 aromatic heterocycles. The molecular formula is C38H42Cl2SiZr. The normalized spacial score (nSPS) is 16.9. The van der Waals surface area contributed by atoms with Crippen LogP contribution >= 0.6 is 17.0 Å². The van der Waals surface area contributed by atoms with Crippen molar-refractivity contribution in [2.45, 2.75) is 70.3 Å². The van der Waals surface area contributed by atoms with E-state index in [4.69, 9.17) is 17.0 Å². The minimum absolute atomic E-state index is 0.0117. The fraction of sp³-hybridized carbons (Fsp3) is 0.316. The Hall–Kier alpha value is -1.70. The molecule has 1 unspecified atom stereocenters. The van der Waals surface area contributed by atoms with Gasteiger partial charge in [0, 0.05) is 0 Å². The summed E-state index contributed by atoms with van der Waals surface area (Å²) in [6.07, 6.45) is 2.49. The van der Waals surface area contributed by atoms with E-state index < -0.39 is 27.4 Å². The third kappa shape index (κ3) is 4.99. The maximum absolute atomic E-state index is 7.99. The van der Waals surface area contributed by atoms with Gasteiger partial charge in [-0.3, -0.25) is 0 Å². The van der Waals surface area contributed by atoms with Crippen LogP contribution in [0.5, 0.6) is 0 Å². The third-order valence-electron chi connectivity index (χ3n) is 9.30. The fourth-order valence-electron chi connectivity index (χ4n) is 7.26. The Balaban J connectivity index is 1.62. The summed E-state index contributed by atoms with van der Waals surface area (Å²) in [5, 5.41) is 2.99. The Bertz CT molecular complexity index is 1730. The van der Waals surface area contributed by atoms with E-state index in [1.54, 1.807) is 0 Å². The summed E-state index contributed by atoms with van der Waals surface area (Å²) in [6, 6.07) is 29.4. The summed E-state index contributed by atoms with van der Waals surface area (Å²) in [4.78, 5) is 0. The van der Waals surface area contributed by atoms with Crippen molar-refractivity contribution in [2.75, 3.05) is 0 Å². The van der Waals surface area contributed by atoms with E-state index in [0.717, 1.165) is 0 Å². The molecule has 1 aliphatic carbocycles. The second-order valence-electron chi connectivity index (χ2n) is 14.6. The molecular weight excluding hydrogens is 647 g/mol. The van der Waals surface area contributed by atoms with Gasteiger partial charge in [-0.1, -0.05) is 0 Å². The van der Waals surface area contributed by atoms with E-state index >= 15 is 0 Å². The number of halogens is 2. The molecule has 4 aromatic carbocycles. The van der Waals surface area contributed by atoms with E-state index in [-0.39, 0.29) is 14.5 Å². The number of hydrogen-bond acceptors (Lipinski definition) is 0. The molecule has 6 rings (SSSR count). The summed E-state index contributed by atoms with van der Waals surface area (Å²) in [5.74, 6) is 0.422. The molecule has 1 aliphatic heterocycles. The van der Waals surface area contributed by atoms with Gasteiger partial charge < -0.3 is 0 Å². The third-order valence-corrected chi connectivity index (χ3v) is 23.5. The molecule has 42 heavy (non-hydrogen) atoms. The molecule has 4 aromatic rings. The topological polar surface area (TPSA) is 0 Å². The maximum atomic E-state index is 7.99. The molecule has 4 heteroatoms. The van der Waals surface area contributed by atoms with Gasteiger partial charge in [0.05, 0.1) is 0 Å². The molecule has 0 N–H and O–H groups in total. The Morgan fingerprint density at radius 1 is 0.714 bits per heavy atom. The van der Waals surface area contributed by atoms with Crippen molar-refractivity contribution in [3.63, 3.8) is 0 Å². The van der Waals surface area contributed by atoms with Crippen LogP contribution in [0.25, 0.3) is 28.3 Å². The van der Waals surface area contributed by atoms with Gasteiger partial charge in [-0.15, -0.1) is 0 Å². The second-order valence-corrected chi connectivity index (χ2v) is 30.4. The van der Waals surface area contributed by atoms with Crippen molar-refractivity contribution in [1.82, 2.24) is 0 Å². The number of allylic oxidation sites excluding steroid dienone is 1. The zero-order valence-corrected chi connectivity index (χ0v) is 31.6. The standard InChI is InChI=1S/C26H33.C12H9Si.2ClH.Zr/c1-17(2)20-11-9-10-12-21(20)24-22-16-19(25(3,4)5)15-18(22)13-14-23(24)26(6,7)8;1-3-7-11-9(5-1)10-6-2-4-8-12(10)13-11;;;/h9-17H,1-8H3;1-7H,13H2;2*1H;/q;;;;+2/p-2. The molecule has 0 spiro atoms. The van der Waals surface area contributed by atoms with Crippen LogP contribution in [0.15, 0.2) is 84.4 Å². The predicted octanol–water partition coefficient (Wildman–Crippen LogP) is 9.15. The zero-order valence-electron chi connectivity index (χ0n) is 26.2. The van der Waals surface area contributed by atoms with Gasteiger partial charge in [0.15, 0.2) is 0 Å². The molecule has 0 nitrogen and oxygen atoms in total. The van der Waals surface area contributed by atoms with Gasteiger partial charge in [0.1, 0.15) is 0 Å². The fourth-order valence-corrected chi connectivity index (χ4v) is 24.4. The summed E-state index contributed by atoms with van der Waals surface area (Å²) in [7, 11) is 15.3. The summed E-state index contributed by atoms with van der Waals surface area (Å²) in [6.45, 7) is 18.6. The molecule has 0 fully saturated rings. The van der Waals surface area contributed by atoms with E-state index in [2.05, 4.69) is 140 Å². The van der Waals surface area contributed by atoms with E-state index in [9.17, 15) is 0 Å². The number of hydrogen-bond donors (Lipinski definition) is 0. The van der Waals surface area contributed by atoms with E-state index in [1.165, 1.54) is 63.7 Å². The van der Waals surface area contributed by atoms with Crippen LogP contribution in [0, 0.1) is 5.41 Å². The Morgan fingerprint density at radius 2 is 1.36 bits per heavy atom. The van der Waals surface area contributed by atoms with Crippen LogP contribution in [-0.4, -0.2) is 9.52 Å². The van der Waals surface area contributed by atoms with Crippen molar-refractivity contribution >= 4 is 46.3 Å². The van der Waals surface area contributed by atoms with Crippen LogP contribution in [0.3, 0.4) is 0 Å². The van der Waals surface area contributed by atoms with Crippen LogP contribution in [-0.2, 0) is 23.3 Å². The van der Waals surface area contributed by atoms with E-state index in [0.29, 0.717) is 5.92 Å². The van der Waals surface area contributed by atoms with Gasteiger partial charge in [0.2, 0.25) is 0 Å². The van der Waals surface area contributed by atoms with Crippen molar-refractivity contribution in [2.24, 2.45) is 5.41 Å². The summed E-state index contributed by atoms with van der Waals surface area (Å²) in [5.41, 5.74) is 12.2. The first-order valence-electron chi connectivity index (χ1n) is 15.3. The van der Waals surface area contributed by atoms with Crippen LogP contribution in [0.1, 0.15) is 87.2 Å². The quantitative estimate of drug-likeness (QED) is 0.165. The van der Waals surface area contributed by atoms with Crippen molar-refractivity contribution in [3.05, 3.63) is 107 Å². The minimum atomic E-state index is -4.09. The molecule has 1 heterocycles. The Morgan fingerprint density at radius 3 is 2.02 bits per heavy atom. The van der Waals surface area contributed by atoms with Crippen LogP contribution in [0.4, 0.5) is 0 Å². The average Bonchev–Trinajstić information content (AvgIpc) is 3.51. The van der Waals surface area contributed by atoms with Crippen molar-refractivity contribution in [1.29, 1.82) is 0 Å². The van der Waals surface area contributed by atoms with Crippen LogP contribution < -0.4 is 13.6 Å². The van der Waals surface area contributed by atoms with Gasteiger partial charge >= 0.3 is 269 Å². The van der Waals surface area contributed by atoms with Gasteiger partial charge in [-0.2, -0.15) is 0 Å². The second kappa shape index (κ2) is 10.7. The van der Waals surface area contributed by atoms with Gasteiger partial charge in [-0.05, 0) is 0 Å². The van der Waals surface area contributed by atoms with Gasteiger partial charge in [-0.25, -0.2) is 0 Å².